The second-order valence-electron chi connectivity index (χ2n) is 5.12. The van der Waals surface area contributed by atoms with Gasteiger partial charge in [0.2, 0.25) is 0 Å². The van der Waals surface area contributed by atoms with Gasteiger partial charge in [-0.1, -0.05) is 6.92 Å². The Kier molecular flexibility index (Phi) is 3.69. The van der Waals surface area contributed by atoms with Gasteiger partial charge in [0, 0.05) is 17.8 Å². The second kappa shape index (κ2) is 5.61. The summed E-state index contributed by atoms with van der Waals surface area (Å²) in [6, 6.07) is 2.06. The topological polar surface area (TPSA) is 43.0 Å². The summed E-state index contributed by atoms with van der Waals surface area (Å²) in [6.45, 7) is 4.77. The van der Waals surface area contributed by atoms with Crippen LogP contribution in [0.1, 0.15) is 42.5 Å². The van der Waals surface area contributed by atoms with Crippen LogP contribution in [0.4, 0.5) is 0 Å². The van der Waals surface area contributed by atoms with Crippen molar-refractivity contribution in [1.29, 1.82) is 0 Å². The van der Waals surface area contributed by atoms with Crippen molar-refractivity contribution >= 4 is 0 Å². The van der Waals surface area contributed by atoms with Crippen LogP contribution in [-0.4, -0.2) is 16.1 Å². The number of rotatable bonds is 5. The summed E-state index contributed by atoms with van der Waals surface area (Å²) in [5, 5.41) is 3.35. The monoisotopic (exact) mass is 259 g/mol. The quantitative estimate of drug-likeness (QED) is 0.897. The fourth-order valence-corrected chi connectivity index (χ4v) is 2.74. The molecule has 0 radical (unpaired) electrons. The van der Waals surface area contributed by atoms with E-state index in [0.717, 1.165) is 38.2 Å². The van der Waals surface area contributed by atoms with E-state index in [1.807, 2.05) is 6.33 Å². The molecule has 2 heterocycles. The number of aryl methyl sites for hydroxylation is 1. The van der Waals surface area contributed by atoms with Gasteiger partial charge in [0.1, 0.15) is 5.76 Å². The van der Waals surface area contributed by atoms with Crippen LogP contribution in [0, 0.1) is 0 Å². The first-order chi connectivity index (χ1) is 9.38. The van der Waals surface area contributed by atoms with Gasteiger partial charge in [-0.25, -0.2) is 4.98 Å². The van der Waals surface area contributed by atoms with Crippen molar-refractivity contribution < 1.29 is 4.42 Å². The zero-order chi connectivity index (χ0) is 13.1. The number of hydrogen-bond donors (Lipinski definition) is 1. The molecular formula is C15H21N3O. The predicted molar refractivity (Wildman–Crippen MR) is 74.1 cm³/mol. The smallest absolute Gasteiger partial charge is 0.127 e. The van der Waals surface area contributed by atoms with E-state index in [1.165, 1.54) is 29.8 Å². The highest BCUT2D eigenvalue weighted by atomic mass is 16.3. The van der Waals surface area contributed by atoms with Crippen LogP contribution >= 0.6 is 0 Å². The van der Waals surface area contributed by atoms with Crippen molar-refractivity contribution in [2.75, 3.05) is 6.54 Å². The number of furan rings is 1. The van der Waals surface area contributed by atoms with E-state index in [0.29, 0.717) is 0 Å². The van der Waals surface area contributed by atoms with Crippen LogP contribution in [-0.2, 0) is 25.9 Å². The Morgan fingerprint density at radius 1 is 1.37 bits per heavy atom. The third-order valence-electron chi connectivity index (χ3n) is 3.83. The van der Waals surface area contributed by atoms with Gasteiger partial charge in [-0.2, -0.15) is 0 Å². The highest BCUT2D eigenvalue weighted by Gasteiger charge is 2.16. The molecule has 1 aliphatic rings. The highest BCUT2D eigenvalue weighted by Crippen LogP contribution is 2.21. The van der Waals surface area contributed by atoms with E-state index < -0.39 is 0 Å². The summed E-state index contributed by atoms with van der Waals surface area (Å²) in [6.07, 6.45) is 8.59. The number of nitrogens with one attached hydrogen (secondary N) is 1. The number of aromatic nitrogens is 2. The van der Waals surface area contributed by atoms with E-state index >= 15 is 0 Å². The Morgan fingerprint density at radius 2 is 2.26 bits per heavy atom. The van der Waals surface area contributed by atoms with Gasteiger partial charge in [-0.15, -0.1) is 0 Å². The fraction of sp³-hybridized carbons (Fsp3) is 0.533. The van der Waals surface area contributed by atoms with E-state index in [4.69, 9.17) is 4.42 Å². The van der Waals surface area contributed by atoms with E-state index in [1.54, 1.807) is 6.26 Å². The number of hydrogen-bond acceptors (Lipinski definition) is 3. The molecule has 2 aromatic heterocycles. The molecule has 19 heavy (non-hydrogen) atoms. The van der Waals surface area contributed by atoms with Crippen molar-refractivity contribution in [3.8, 4) is 0 Å². The summed E-state index contributed by atoms with van der Waals surface area (Å²) in [4.78, 5) is 4.53. The van der Waals surface area contributed by atoms with E-state index in [-0.39, 0.29) is 0 Å². The minimum Gasteiger partial charge on any atom is -0.467 e. The average molecular weight is 259 g/mol. The lowest BCUT2D eigenvalue weighted by atomic mass is 10.0. The molecule has 4 heteroatoms. The zero-order valence-electron chi connectivity index (χ0n) is 11.5. The Labute approximate surface area is 113 Å². The Balaban J connectivity index is 1.78. The Bertz CT molecular complexity index is 541. The summed E-state index contributed by atoms with van der Waals surface area (Å²) < 4.78 is 7.89. The van der Waals surface area contributed by atoms with Crippen LogP contribution in [0.2, 0.25) is 0 Å². The standard InChI is InChI=1S/C15H21N3O/c1-2-16-9-12-7-8-19-15(12)10-18-11-17-13-5-3-4-6-14(13)18/h7-8,11,16H,2-6,9-10H2,1H3. The molecule has 0 amide bonds. The van der Waals surface area contributed by atoms with Crippen LogP contribution in [0.15, 0.2) is 23.1 Å². The maximum Gasteiger partial charge on any atom is 0.127 e. The van der Waals surface area contributed by atoms with Crippen molar-refractivity contribution in [2.45, 2.75) is 45.7 Å². The molecular weight excluding hydrogens is 238 g/mol. The molecule has 1 aliphatic carbocycles. The van der Waals surface area contributed by atoms with Gasteiger partial charge >= 0.3 is 0 Å². The summed E-state index contributed by atoms with van der Waals surface area (Å²) in [5.74, 6) is 1.05. The molecule has 0 fully saturated rings. The molecule has 2 aromatic rings. The Hall–Kier alpha value is -1.55. The fourth-order valence-electron chi connectivity index (χ4n) is 2.74. The minimum absolute atomic E-state index is 0.802. The maximum atomic E-state index is 5.64. The molecule has 0 aromatic carbocycles. The lowest BCUT2D eigenvalue weighted by molar-refractivity contribution is 0.479. The van der Waals surface area contributed by atoms with E-state index in [2.05, 4.69) is 27.9 Å². The molecule has 102 valence electrons. The minimum atomic E-state index is 0.802. The van der Waals surface area contributed by atoms with Crippen LogP contribution in [0.5, 0.6) is 0 Å². The molecule has 0 spiro atoms. The molecule has 0 saturated carbocycles. The molecule has 0 unspecified atom stereocenters. The lowest BCUT2D eigenvalue weighted by Gasteiger charge is -2.13. The molecule has 0 aliphatic heterocycles. The summed E-state index contributed by atoms with van der Waals surface area (Å²) in [7, 11) is 0. The normalized spacial score (nSPS) is 14.6. The van der Waals surface area contributed by atoms with Gasteiger partial charge in [-0.3, -0.25) is 0 Å². The zero-order valence-corrected chi connectivity index (χ0v) is 11.5. The predicted octanol–water partition coefficient (Wildman–Crippen LogP) is 2.51. The van der Waals surface area contributed by atoms with Gasteiger partial charge in [-0.05, 0) is 38.3 Å². The lowest BCUT2D eigenvalue weighted by Crippen LogP contribution is -2.14. The van der Waals surface area contributed by atoms with Crippen LogP contribution < -0.4 is 5.32 Å². The van der Waals surface area contributed by atoms with Gasteiger partial charge in [0.05, 0.1) is 24.8 Å². The van der Waals surface area contributed by atoms with Crippen molar-refractivity contribution in [2.24, 2.45) is 0 Å². The molecule has 1 N–H and O–H groups in total. The highest BCUT2D eigenvalue weighted by molar-refractivity contribution is 5.21. The Morgan fingerprint density at radius 3 is 3.16 bits per heavy atom. The first kappa shape index (κ1) is 12.5. The molecule has 3 rings (SSSR count). The number of nitrogens with zero attached hydrogens (tertiary/aromatic N) is 2. The van der Waals surface area contributed by atoms with Crippen molar-refractivity contribution in [3.05, 3.63) is 41.4 Å². The molecule has 0 bridgehead atoms. The maximum absolute atomic E-state index is 5.64. The molecule has 0 saturated heterocycles. The average Bonchev–Trinajstić information content (AvgIpc) is 3.05. The first-order valence-corrected chi connectivity index (χ1v) is 7.17. The van der Waals surface area contributed by atoms with Crippen LogP contribution in [0.3, 0.4) is 0 Å². The van der Waals surface area contributed by atoms with Gasteiger partial charge in [0.15, 0.2) is 0 Å². The van der Waals surface area contributed by atoms with Gasteiger partial charge < -0.3 is 14.3 Å². The van der Waals surface area contributed by atoms with E-state index in [9.17, 15) is 0 Å². The number of fused-ring (bicyclic) bond motifs is 1. The molecule has 4 nitrogen and oxygen atoms in total. The summed E-state index contributed by atoms with van der Waals surface area (Å²) in [5.41, 5.74) is 3.93. The number of imidazole rings is 1. The SMILES string of the molecule is CCNCc1ccoc1Cn1cnc2c1CCCC2. The third-order valence-corrected chi connectivity index (χ3v) is 3.83. The first-order valence-electron chi connectivity index (χ1n) is 7.17. The largest absolute Gasteiger partial charge is 0.467 e. The van der Waals surface area contributed by atoms with Crippen molar-refractivity contribution in [3.63, 3.8) is 0 Å². The summed E-state index contributed by atoms with van der Waals surface area (Å²) >= 11 is 0. The third kappa shape index (κ3) is 2.59. The molecule has 0 atom stereocenters. The van der Waals surface area contributed by atoms with Crippen LogP contribution in [0.25, 0.3) is 0 Å². The van der Waals surface area contributed by atoms with Gasteiger partial charge in [0.25, 0.3) is 0 Å². The second-order valence-corrected chi connectivity index (χ2v) is 5.12. The van der Waals surface area contributed by atoms with Crippen molar-refractivity contribution in [1.82, 2.24) is 14.9 Å².